The van der Waals surface area contributed by atoms with Crippen molar-refractivity contribution in [2.24, 2.45) is 0 Å². The molecular weight excluding hydrogens is 370 g/mol. The van der Waals surface area contributed by atoms with Gasteiger partial charge in [0.05, 0.1) is 0 Å². The quantitative estimate of drug-likeness (QED) is 0.301. The van der Waals surface area contributed by atoms with Crippen LogP contribution in [0.2, 0.25) is 0 Å². The molecule has 0 bridgehead atoms. The van der Waals surface area contributed by atoms with E-state index in [1.165, 1.54) is 54.9 Å². The Labute approximate surface area is 181 Å². The van der Waals surface area contributed by atoms with Crippen LogP contribution in [0.15, 0.2) is 66.7 Å². The molecule has 0 spiro atoms. The van der Waals surface area contributed by atoms with Crippen molar-refractivity contribution >= 4 is 10.8 Å². The summed E-state index contributed by atoms with van der Waals surface area (Å²) in [5.74, 6) is 1.82. The van der Waals surface area contributed by atoms with E-state index in [1.807, 2.05) is 30.3 Å². The van der Waals surface area contributed by atoms with Gasteiger partial charge in [-0.1, -0.05) is 87.6 Å². The second-order valence-corrected chi connectivity index (χ2v) is 7.72. The fraction of sp³-hybridized carbons (Fsp3) is 0.407. The van der Waals surface area contributed by atoms with Crippen LogP contribution in [0.5, 0.6) is 11.5 Å². The number of hydrogen-bond acceptors (Lipinski definition) is 3. The van der Waals surface area contributed by atoms with Crippen LogP contribution in [0.1, 0.15) is 51.0 Å². The summed E-state index contributed by atoms with van der Waals surface area (Å²) in [7, 11) is 0. The van der Waals surface area contributed by atoms with E-state index in [9.17, 15) is 0 Å². The lowest BCUT2D eigenvalue weighted by atomic mass is 10.0. The van der Waals surface area contributed by atoms with Crippen LogP contribution in [0.3, 0.4) is 0 Å². The van der Waals surface area contributed by atoms with Gasteiger partial charge in [-0.25, -0.2) is 0 Å². The predicted molar refractivity (Wildman–Crippen MR) is 126 cm³/mol. The second kappa shape index (κ2) is 12.9. The molecule has 0 aliphatic rings. The maximum absolute atomic E-state index is 6.12. The van der Waals surface area contributed by atoms with Gasteiger partial charge < -0.3 is 14.8 Å². The third kappa shape index (κ3) is 7.07. The lowest BCUT2D eigenvalue weighted by Crippen LogP contribution is -2.17. The summed E-state index contributed by atoms with van der Waals surface area (Å²) in [6, 6.07) is 22.6. The Hall–Kier alpha value is -2.52. The van der Waals surface area contributed by atoms with Crippen molar-refractivity contribution in [2.45, 2.75) is 52.0 Å². The van der Waals surface area contributed by atoms with E-state index in [1.54, 1.807) is 0 Å². The molecular formula is C27H35NO2. The predicted octanol–water partition coefficient (Wildman–Crippen LogP) is 6.75. The van der Waals surface area contributed by atoms with Crippen LogP contribution in [-0.2, 0) is 6.54 Å². The zero-order valence-electron chi connectivity index (χ0n) is 18.2. The number of unbranched alkanes of at least 4 members (excludes halogenated alkanes) is 5. The maximum Gasteiger partial charge on any atom is 0.124 e. The van der Waals surface area contributed by atoms with Gasteiger partial charge in [0, 0.05) is 12.1 Å². The van der Waals surface area contributed by atoms with E-state index in [0.717, 1.165) is 24.6 Å². The standard InChI is InChI=1S/C27H35NO2/c1-2-3-4-5-6-12-19-28-22-26-25-16-11-10-13-23(25)17-18-27(26)30-21-20-29-24-14-8-7-9-15-24/h7-11,13-18,28H,2-6,12,19-22H2,1H3. The third-order valence-corrected chi connectivity index (χ3v) is 5.36. The zero-order valence-corrected chi connectivity index (χ0v) is 18.2. The Kier molecular flexibility index (Phi) is 9.55. The first-order chi connectivity index (χ1) is 14.9. The molecule has 3 nitrogen and oxygen atoms in total. The van der Waals surface area contributed by atoms with E-state index < -0.39 is 0 Å². The van der Waals surface area contributed by atoms with Crippen molar-refractivity contribution in [3.05, 3.63) is 72.3 Å². The Bertz CT molecular complexity index is 863. The highest BCUT2D eigenvalue weighted by atomic mass is 16.5. The summed E-state index contributed by atoms with van der Waals surface area (Å²) in [6.07, 6.45) is 7.91. The average molecular weight is 406 g/mol. The van der Waals surface area contributed by atoms with Gasteiger partial charge >= 0.3 is 0 Å². The summed E-state index contributed by atoms with van der Waals surface area (Å²) in [5.41, 5.74) is 1.23. The minimum atomic E-state index is 0.525. The maximum atomic E-state index is 6.12. The first-order valence-corrected chi connectivity index (χ1v) is 11.4. The van der Waals surface area contributed by atoms with Gasteiger partial charge in [-0.2, -0.15) is 0 Å². The van der Waals surface area contributed by atoms with Crippen molar-refractivity contribution in [2.75, 3.05) is 19.8 Å². The third-order valence-electron chi connectivity index (χ3n) is 5.36. The Morgan fingerprint density at radius 3 is 2.30 bits per heavy atom. The van der Waals surface area contributed by atoms with Crippen molar-refractivity contribution < 1.29 is 9.47 Å². The first-order valence-electron chi connectivity index (χ1n) is 11.4. The molecule has 0 fully saturated rings. The lowest BCUT2D eigenvalue weighted by Gasteiger charge is -2.15. The minimum Gasteiger partial charge on any atom is -0.490 e. The molecule has 3 aromatic carbocycles. The zero-order chi connectivity index (χ0) is 20.9. The molecule has 0 unspecified atom stereocenters. The molecule has 1 N–H and O–H groups in total. The topological polar surface area (TPSA) is 30.5 Å². The van der Waals surface area contributed by atoms with Crippen LogP contribution in [0, 0.1) is 0 Å². The van der Waals surface area contributed by atoms with Gasteiger partial charge in [0.25, 0.3) is 0 Å². The summed E-state index contributed by atoms with van der Waals surface area (Å²) >= 11 is 0. The number of ether oxygens (including phenoxy) is 2. The van der Waals surface area contributed by atoms with Crippen LogP contribution in [-0.4, -0.2) is 19.8 Å². The van der Waals surface area contributed by atoms with E-state index in [4.69, 9.17) is 9.47 Å². The van der Waals surface area contributed by atoms with Crippen LogP contribution >= 0.6 is 0 Å². The van der Waals surface area contributed by atoms with Crippen molar-refractivity contribution in [1.29, 1.82) is 0 Å². The van der Waals surface area contributed by atoms with Crippen molar-refractivity contribution in [3.8, 4) is 11.5 Å². The van der Waals surface area contributed by atoms with Crippen molar-refractivity contribution in [1.82, 2.24) is 5.32 Å². The molecule has 0 aromatic heterocycles. The fourth-order valence-corrected chi connectivity index (χ4v) is 3.71. The van der Waals surface area contributed by atoms with E-state index in [2.05, 4.69) is 48.6 Å². The molecule has 0 heterocycles. The molecule has 0 amide bonds. The van der Waals surface area contributed by atoms with E-state index in [-0.39, 0.29) is 0 Å². The molecule has 30 heavy (non-hydrogen) atoms. The van der Waals surface area contributed by atoms with Crippen LogP contribution in [0.4, 0.5) is 0 Å². The monoisotopic (exact) mass is 405 g/mol. The van der Waals surface area contributed by atoms with Gasteiger partial charge in [0.1, 0.15) is 24.7 Å². The normalized spacial score (nSPS) is 11.0. The van der Waals surface area contributed by atoms with Crippen molar-refractivity contribution in [3.63, 3.8) is 0 Å². The molecule has 0 aliphatic heterocycles. The number of hydrogen-bond donors (Lipinski definition) is 1. The van der Waals surface area contributed by atoms with Gasteiger partial charge in [-0.15, -0.1) is 0 Å². The average Bonchev–Trinajstić information content (AvgIpc) is 2.79. The Morgan fingerprint density at radius 1 is 0.700 bits per heavy atom. The SMILES string of the molecule is CCCCCCCCNCc1c(OCCOc2ccccc2)ccc2ccccc12. The Morgan fingerprint density at radius 2 is 1.43 bits per heavy atom. The molecule has 3 aromatic rings. The highest BCUT2D eigenvalue weighted by molar-refractivity contribution is 5.87. The second-order valence-electron chi connectivity index (χ2n) is 7.72. The summed E-state index contributed by atoms with van der Waals surface area (Å²) in [4.78, 5) is 0. The van der Waals surface area contributed by atoms with Crippen LogP contribution in [0.25, 0.3) is 10.8 Å². The highest BCUT2D eigenvalue weighted by Gasteiger charge is 2.09. The van der Waals surface area contributed by atoms with E-state index in [0.29, 0.717) is 13.2 Å². The highest BCUT2D eigenvalue weighted by Crippen LogP contribution is 2.28. The molecule has 160 valence electrons. The summed E-state index contributed by atoms with van der Waals surface area (Å²) in [5, 5.41) is 6.14. The number of fused-ring (bicyclic) bond motifs is 1. The molecule has 0 aliphatic carbocycles. The summed E-state index contributed by atoms with van der Waals surface area (Å²) in [6.45, 7) is 5.19. The molecule has 3 rings (SSSR count). The Balaban J connectivity index is 1.53. The number of para-hydroxylation sites is 1. The largest absolute Gasteiger partial charge is 0.490 e. The van der Waals surface area contributed by atoms with Crippen LogP contribution < -0.4 is 14.8 Å². The smallest absolute Gasteiger partial charge is 0.124 e. The molecule has 3 heteroatoms. The van der Waals surface area contributed by atoms with Gasteiger partial charge in [-0.05, 0) is 41.9 Å². The number of nitrogens with one attached hydrogen (secondary N) is 1. The fourth-order valence-electron chi connectivity index (χ4n) is 3.71. The lowest BCUT2D eigenvalue weighted by molar-refractivity contribution is 0.216. The van der Waals surface area contributed by atoms with Gasteiger partial charge in [-0.3, -0.25) is 0 Å². The molecule has 0 saturated carbocycles. The molecule has 0 atom stereocenters. The number of benzene rings is 3. The van der Waals surface area contributed by atoms with E-state index >= 15 is 0 Å². The molecule has 0 saturated heterocycles. The summed E-state index contributed by atoms with van der Waals surface area (Å²) < 4.78 is 11.9. The first kappa shape index (κ1) is 22.2. The number of rotatable bonds is 14. The molecule has 0 radical (unpaired) electrons. The minimum absolute atomic E-state index is 0.525. The van der Waals surface area contributed by atoms with Gasteiger partial charge in [0.2, 0.25) is 0 Å². The van der Waals surface area contributed by atoms with Gasteiger partial charge in [0.15, 0.2) is 0 Å².